The third-order valence-corrected chi connectivity index (χ3v) is 3.06. The molecule has 3 heteroatoms. The number of nitrogens with one attached hydrogen (secondary N) is 1. The Morgan fingerprint density at radius 3 is 2.35 bits per heavy atom. The molecule has 2 aromatic rings. The predicted octanol–water partition coefficient (Wildman–Crippen LogP) is 3.66. The SMILES string of the molecule is CCc1ccc(OC(C)C(=O)Nc2ccccc2)cc1. The lowest BCUT2D eigenvalue weighted by Crippen LogP contribution is -2.30. The molecule has 3 nitrogen and oxygen atoms in total. The van der Waals surface area contributed by atoms with Crippen LogP contribution in [0.2, 0.25) is 0 Å². The van der Waals surface area contributed by atoms with E-state index in [0.717, 1.165) is 12.1 Å². The highest BCUT2D eigenvalue weighted by Gasteiger charge is 2.14. The molecule has 1 atom stereocenters. The number of aryl methyl sites for hydroxylation is 1. The first-order chi connectivity index (χ1) is 9.69. The number of hydrogen-bond donors (Lipinski definition) is 1. The number of carbonyl (C=O) groups is 1. The first-order valence-electron chi connectivity index (χ1n) is 6.80. The molecule has 0 aliphatic carbocycles. The number of rotatable bonds is 5. The van der Waals surface area contributed by atoms with Crippen LogP contribution in [0.15, 0.2) is 54.6 Å². The van der Waals surface area contributed by atoms with Crippen molar-refractivity contribution in [2.75, 3.05) is 5.32 Å². The van der Waals surface area contributed by atoms with Gasteiger partial charge in [-0.1, -0.05) is 37.3 Å². The van der Waals surface area contributed by atoms with Gasteiger partial charge in [-0.3, -0.25) is 4.79 Å². The Hall–Kier alpha value is -2.29. The summed E-state index contributed by atoms with van der Waals surface area (Å²) < 4.78 is 5.64. The fourth-order valence-corrected chi connectivity index (χ4v) is 1.83. The topological polar surface area (TPSA) is 38.3 Å². The number of benzene rings is 2. The van der Waals surface area contributed by atoms with Crippen LogP contribution in [0.5, 0.6) is 5.75 Å². The van der Waals surface area contributed by atoms with Crippen molar-refractivity contribution < 1.29 is 9.53 Å². The Balaban J connectivity index is 1.93. The van der Waals surface area contributed by atoms with Crippen molar-refractivity contribution in [1.29, 1.82) is 0 Å². The van der Waals surface area contributed by atoms with Gasteiger partial charge in [0.1, 0.15) is 5.75 Å². The Bertz CT molecular complexity index is 549. The molecule has 0 heterocycles. The van der Waals surface area contributed by atoms with E-state index in [9.17, 15) is 4.79 Å². The van der Waals surface area contributed by atoms with Gasteiger partial charge in [-0.2, -0.15) is 0 Å². The maximum atomic E-state index is 12.0. The average Bonchev–Trinajstić information content (AvgIpc) is 2.49. The van der Waals surface area contributed by atoms with E-state index in [1.54, 1.807) is 6.92 Å². The number of hydrogen-bond acceptors (Lipinski definition) is 2. The predicted molar refractivity (Wildman–Crippen MR) is 81.0 cm³/mol. The van der Waals surface area contributed by atoms with Crippen molar-refractivity contribution in [2.24, 2.45) is 0 Å². The van der Waals surface area contributed by atoms with Gasteiger partial charge in [0.15, 0.2) is 6.10 Å². The molecule has 2 aromatic carbocycles. The van der Waals surface area contributed by atoms with Crippen molar-refractivity contribution in [3.8, 4) is 5.75 Å². The molecule has 0 fully saturated rings. The molecule has 0 aliphatic heterocycles. The summed E-state index contributed by atoms with van der Waals surface area (Å²) in [6, 6.07) is 17.2. The highest BCUT2D eigenvalue weighted by atomic mass is 16.5. The smallest absolute Gasteiger partial charge is 0.265 e. The fraction of sp³-hybridized carbons (Fsp3) is 0.235. The molecule has 1 amide bonds. The summed E-state index contributed by atoms with van der Waals surface area (Å²) in [7, 11) is 0. The molecular formula is C17H19NO2. The summed E-state index contributed by atoms with van der Waals surface area (Å²) in [5.41, 5.74) is 2.02. The highest BCUT2D eigenvalue weighted by Crippen LogP contribution is 2.15. The minimum atomic E-state index is -0.539. The van der Waals surface area contributed by atoms with Gasteiger partial charge in [0.2, 0.25) is 0 Å². The van der Waals surface area contributed by atoms with Gasteiger partial charge >= 0.3 is 0 Å². The lowest BCUT2D eigenvalue weighted by atomic mass is 10.2. The first kappa shape index (κ1) is 14.1. The molecule has 0 aromatic heterocycles. The monoisotopic (exact) mass is 269 g/mol. The fourth-order valence-electron chi connectivity index (χ4n) is 1.83. The van der Waals surface area contributed by atoms with Gasteiger partial charge in [0.05, 0.1) is 0 Å². The van der Waals surface area contributed by atoms with Gasteiger partial charge in [-0.15, -0.1) is 0 Å². The molecule has 20 heavy (non-hydrogen) atoms. The number of carbonyl (C=O) groups excluding carboxylic acids is 1. The van der Waals surface area contributed by atoms with E-state index in [1.165, 1.54) is 5.56 Å². The quantitative estimate of drug-likeness (QED) is 0.899. The number of amides is 1. The van der Waals surface area contributed by atoms with Crippen LogP contribution in [-0.4, -0.2) is 12.0 Å². The van der Waals surface area contributed by atoms with Crippen LogP contribution in [0.4, 0.5) is 5.69 Å². The Kier molecular flexibility index (Phi) is 4.77. The van der Waals surface area contributed by atoms with Crippen LogP contribution in [-0.2, 0) is 11.2 Å². The Morgan fingerprint density at radius 2 is 1.75 bits per heavy atom. The average molecular weight is 269 g/mol. The number of para-hydroxylation sites is 1. The molecule has 1 N–H and O–H groups in total. The van der Waals surface area contributed by atoms with E-state index in [0.29, 0.717) is 5.75 Å². The molecule has 1 unspecified atom stereocenters. The van der Waals surface area contributed by atoms with Gasteiger partial charge < -0.3 is 10.1 Å². The standard InChI is InChI=1S/C17H19NO2/c1-3-14-9-11-16(12-10-14)20-13(2)17(19)18-15-7-5-4-6-8-15/h4-13H,3H2,1-2H3,(H,18,19). The zero-order chi connectivity index (χ0) is 14.4. The van der Waals surface area contributed by atoms with Gasteiger partial charge in [-0.05, 0) is 43.2 Å². The molecular weight excluding hydrogens is 250 g/mol. The van der Waals surface area contributed by atoms with Crippen LogP contribution in [0.3, 0.4) is 0 Å². The third-order valence-electron chi connectivity index (χ3n) is 3.06. The van der Waals surface area contributed by atoms with Crippen LogP contribution < -0.4 is 10.1 Å². The van der Waals surface area contributed by atoms with E-state index < -0.39 is 6.10 Å². The molecule has 0 spiro atoms. The van der Waals surface area contributed by atoms with Crippen molar-refractivity contribution in [1.82, 2.24) is 0 Å². The van der Waals surface area contributed by atoms with Crippen LogP contribution in [0.25, 0.3) is 0 Å². The number of anilines is 1. The van der Waals surface area contributed by atoms with E-state index in [4.69, 9.17) is 4.74 Å². The van der Waals surface area contributed by atoms with Gasteiger partial charge in [0, 0.05) is 5.69 Å². The lowest BCUT2D eigenvalue weighted by Gasteiger charge is -2.15. The van der Waals surface area contributed by atoms with Crippen LogP contribution in [0, 0.1) is 0 Å². The molecule has 2 rings (SSSR count). The second kappa shape index (κ2) is 6.75. The van der Waals surface area contributed by atoms with Gasteiger partial charge in [-0.25, -0.2) is 0 Å². The molecule has 0 radical (unpaired) electrons. The second-order valence-corrected chi connectivity index (χ2v) is 4.61. The maximum absolute atomic E-state index is 12.0. The molecule has 104 valence electrons. The zero-order valence-electron chi connectivity index (χ0n) is 11.8. The van der Waals surface area contributed by atoms with Crippen LogP contribution >= 0.6 is 0 Å². The molecule has 0 saturated heterocycles. The summed E-state index contributed by atoms with van der Waals surface area (Å²) in [5.74, 6) is 0.550. The summed E-state index contributed by atoms with van der Waals surface area (Å²) in [5, 5.41) is 2.82. The first-order valence-corrected chi connectivity index (χ1v) is 6.80. The molecule has 0 bridgehead atoms. The van der Waals surface area contributed by atoms with E-state index in [2.05, 4.69) is 12.2 Å². The highest BCUT2D eigenvalue weighted by molar-refractivity contribution is 5.94. The normalized spacial score (nSPS) is 11.7. The molecule has 0 aliphatic rings. The minimum absolute atomic E-state index is 0.157. The summed E-state index contributed by atoms with van der Waals surface area (Å²) >= 11 is 0. The Labute approximate surface area is 119 Å². The van der Waals surface area contributed by atoms with E-state index in [-0.39, 0.29) is 5.91 Å². The number of ether oxygens (including phenoxy) is 1. The maximum Gasteiger partial charge on any atom is 0.265 e. The minimum Gasteiger partial charge on any atom is -0.481 e. The lowest BCUT2D eigenvalue weighted by molar-refractivity contribution is -0.122. The second-order valence-electron chi connectivity index (χ2n) is 4.61. The van der Waals surface area contributed by atoms with E-state index in [1.807, 2.05) is 54.6 Å². The molecule has 0 saturated carbocycles. The van der Waals surface area contributed by atoms with Gasteiger partial charge in [0.25, 0.3) is 5.91 Å². The third kappa shape index (κ3) is 3.85. The Morgan fingerprint density at radius 1 is 1.10 bits per heavy atom. The van der Waals surface area contributed by atoms with Crippen LogP contribution in [0.1, 0.15) is 19.4 Å². The van der Waals surface area contributed by atoms with Crippen molar-refractivity contribution in [3.63, 3.8) is 0 Å². The summed E-state index contributed by atoms with van der Waals surface area (Å²) in [4.78, 5) is 12.0. The summed E-state index contributed by atoms with van der Waals surface area (Å²) in [6.07, 6.45) is 0.451. The van der Waals surface area contributed by atoms with Crippen molar-refractivity contribution in [2.45, 2.75) is 26.4 Å². The summed E-state index contributed by atoms with van der Waals surface area (Å²) in [6.45, 7) is 3.85. The van der Waals surface area contributed by atoms with E-state index >= 15 is 0 Å². The van der Waals surface area contributed by atoms with Crippen molar-refractivity contribution >= 4 is 11.6 Å². The zero-order valence-corrected chi connectivity index (χ0v) is 11.8. The van der Waals surface area contributed by atoms with Crippen molar-refractivity contribution in [3.05, 3.63) is 60.2 Å². The largest absolute Gasteiger partial charge is 0.481 e.